The molecule has 3 aromatic rings. The molecule has 2 aromatic carbocycles. The Labute approximate surface area is 187 Å². The number of rotatable bonds is 8. The smallest absolute Gasteiger partial charge is 0.419 e. The van der Waals surface area contributed by atoms with Crippen LogP contribution in [0.4, 0.5) is 14.5 Å². The Bertz CT molecular complexity index is 1310. The predicted octanol–water partition coefficient (Wildman–Crippen LogP) is 3.01. The molecule has 0 radical (unpaired) electrons. The summed E-state index contributed by atoms with van der Waals surface area (Å²) in [4.78, 5) is 24.6. The van der Waals surface area contributed by atoms with Crippen LogP contribution in [0.15, 0.2) is 56.6 Å². The zero-order valence-electron chi connectivity index (χ0n) is 17.4. The van der Waals surface area contributed by atoms with Crippen LogP contribution in [0, 0.1) is 0 Å². The maximum atomic E-state index is 12.7. The largest absolute Gasteiger partial charge is 0.435 e. The Morgan fingerprint density at radius 1 is 1.12 bits per heavy atom. The maximum absolute atomic E-state index is 12.7. The molecule has 1 aliphatic heterocycles. The lowest BCUT2D eigenvalue weighted by Gasteiger charge is -2.15. The fraction of sp³-hybridized carbons (Fsp3) is 0.333. The number of carbonyl (C=O) groups excluding carboxylic acids is 1. The van der Waals surface area contributed by atoms with Gasteiger partial charge in [-0.25, -0.2) is 13.2 Å². The van der Waals surface area contributed by atoms with Gasteiger partial charge in [0, 0.05) is 37.8 Å². The Hall–Kier alpha value is -3.25. The lowest BCUT2D eigenvalue weighted by molar-refractivity contribution is -0.116. The average molecular weight is 481 g/mol. The highest BCUT2D eigenvalue weighted by molar-refractivity contribution is 7.89. The number of nitrogens with one attached hydrogen (secondary N) is 1. The van der Waals surface area contributed by atoms with Crippen molar-refractivity contribution in [1.82, 2.24) is 8.87 Å². The monoisotopic (exact) mass is 481 g/mol. The van der Waals surface area contributed by atoms with Crippen molar-refractivity contribution in [2.24, 2.45) is 0 Å². The van der Waals surface area contributed by atoms with Crippen molar-refractivity contribution in [3.05, 3.63) is 53.0 Å². The molecular formula is C21H21F2N3O6S. The highest BCUT2D eigenvalue weighted by Gasteiger charge is 2.28. The Balaban J connectivity index is 1.44. The maximum Gasteiger partial charge on any atom is 0.419 e. The second-order valence-corrected chi connectivity index (χ2v) is 9.40. The molecule has 0 unspecified atom stereocenters. The first-order valence-corrected chi connectivity index (χ1v) is 11.7. The number of benzene rings is 2. The third-order valence-corrected chi connectivity index (χ3v) is 7.16. The lowest BCUT2D eigenvalue weighted by Crippen LogP contribution is -2.27. The number of nitrogens with zero attached hydrogens (tertiary/aromatic N) is 2. The molecule has 9 nitrogen and oxygen atoms in total. The number of alkyl halides is 2. The molecule has 33 heavy (non-hydrogen) atoms. The topological polar surface area (TPSA) is 111 Å². The fourth-order valence-electron chi connectivity index (χ4n) is 3.65. The first-order valence-electron chi connectivity index (χ1n) is 10.2. The Kier molecular flexibility index (Phi) is 6.47. The van der Waals surface area contributed by atoms with Crippen LogP contribution in [-0.4, -0.2) is 42.9 Å². The number of oxazole rings is 1. The minimum atomic E-state index is -3.66. The molecule has 2 heterocycles. The number of fused-ring (bicyclic) bond motifs is 1. The summed E-state index contributed by atoms with van der Waals surface area (Å²) < 4.78 is 62.0. The van der Waals surface area contributed by atoms with Gasteiger partial charge < -0.3 is 14.5 Å². The van der Waals surface area contributed by atoms with Crippen LogP contribution >= 0.6 is 0 Å². The quantitative estimate of drug-likeness (QED) is 0.530. The van der Waals surface area contributed by atoms with Gasteiger partial charge in [-0.3, -0.25) is 9.36 Å². The van der Waals surface area contributed by atoms with Crippen molar-refractivity contribution in [3.63, 3.8) is 0 Å². The van der Waals surface area contributed by atoms with Crippen molar-refractivity contribution in [2.75, 3.05) is 18.4 Å². The molecule has 4 rings (SSSR count). The van der Waals surface area contributed by atoms with E-state index in [4.69, 9.17) is 4.42 Å². The van der Waals surface area contributed by atoms with E-state index in [1.807, 2.05) is 0 Å². The molecule has 0 saturated carbocycles. The number of carbonyl (C=O) groups is 1. The number of anilines is 1. The summed E-state index contributed by atoms with van der Waals surface area (Å²) in [6.45, 7) is -2.02. The van der Waals surface area contributed by atoms with Gasteiger partial charge in [0.15, 0.2) is 5.58 Å². The van der Waals surface area contributed by atoms with E-state index in [1.165, 1.54) is 51.3 Å². The van der Waals surface area contributed by atoms with Crippen molar-refractivity contribution >= 4 is 32.7 Å². The summed E-state index contributed by atoms with van der Waals surface area (Å²) in [6, 6.07) is 9.65. The summed E-state index contributed by atoms with van der Waals surface area (Å²) >= 11 is 0. The van der Waals surface area contributed by atoms with Gasteiger partial charge in [0.25, 0.3) is 0 Å². The number of amides is 1. The summed E-state index contributed by atoms with van der Waals surface area (Å²) in [6.07, 6.45) is 1.54. The molecule has 1 aromatic heterocycles. The molecule has 176 valence electrons. The highest BCUT2D eigenvalue weighted by atomic mass is 32.2. The zero-order valence-corrected chi connectivity index (χ0v) is 18.2. The van der Waals surface area contributed by atoms with Gasteiger partial charge in [-0.15, -0.1) is 0 Å². The summed E-state index contributed by atoms with van der Waals surface area (Å²) in [5.74, 6) is -1.15. The van der Waals surface area contributed by atoms with E-state index < -0.39 is 28.3 Å². The summed E-state index contributed by atoms with van der Waals surface area (Å²) in [5, 5.41) is 2.60. The summed E-state index contributed by atoms with van der Waals surface area (Å²) in [7, 11) is -3.66. The number of aromatic nitrogens is 1. The summed E-state index contributed by atoms with van der Waals surface area (Å²) in [5.41, 5.74) is 0.875. The molecule has 1 aliphatic rings. The second-order valence-electron chi connectivity index (χ2n) is 7.46. The fourth-order valence-corrected chi connectivity index (χ4v) is 5.19. The van der Waals surface area contributed by atoms with Gasteiger partial charge in [0.1, 0.15) is 5.75 Å². The predicted molar refractivity (Wildman–Crippen MR) is 115 cm³/mol. The van der Waals surface area contributed by atoms with Crippen LogP contribution in [0.25, 0.3) is 11.1 Å². The van der Waals surface area contributed by atoms with Gasteiger partial charge in [-0.05, 0) is 49.2 Å². The molecule has 1 fully saturated rings. The lowest BCUT2D eigenvalue weighted by atomic mass is 10.3. The van der Waals surface area contributed by atoms with E-state index in [9.17, 15) is 26.8 Å². The third-order valence-electron chi connectivity index (χ3n) is 5.27. The average Bonchev–Trinajstić information content (AvgIpc) is 3.41. The molecule has 1 N–H and O–H groups in total. The van der Waals surface area contributed by atoms with E-state index >= 15 is 0 Å². The molecule has 1 saturated heterocycles. The highest BCUT2D eigenvalue weighted by Crippen LogP contribution is 2.24. The van der Waals surface area contributed by atoms with Crippen LogP contribution in [0.5, 0.6) is 5.75 Å². The number of hydrogen-bond donors (Lipinski definition) is 1. The zero-order chi connectivity index (χ0) is 23.6. The first kappa shape index (κ1) is 22.9. The van der Waals surface area contributed by atoms with Crippen molar-refractivity contribution < 1.29 is 31.1 Å². The SMILES string of the molecule is O=C(CCn1c(=O)oc2cc(S(=O)(=O)N3CCCC3)ccc21)Nc1ccc(OC(F)F)cc1. The van der Waals surface area contributed by atoms with Crippen LogP contribution in [0.1, 0.15) is 19.3 Å². The van der Waals surface area contributed by atoms with Crippen molar-refractivity contribution in [3.8, 4) is 5.75 Å². The van der Waals surface area contributed by atoms with E-state index in [0.29, 0.717) is 24.3 Å². The molecular weight excluding hydrogens is 460 g/mol. The van der Waals surface area contributed by atoms with Crippen LogP contribution < -0.4 is 15.8 Å². The van der Waals surface area contributed by atoms with Gasteiger partial charge in [0.05, 0.1) is 10.4 Å². The normalized spacial score (nSPS) is 14.8. The minimum Gasteiger partial charge on any atom is -0.435 e. The van der Waals surface area contributed by atoms with E-state index in [0.717, 1.165) is 12.8 Å². The first-order chi connectivity index (χ1) is 15.7. The van der Waals surface area contributed by atoms with Gasteiger partial charge in [-0.1, -0.05) is 0 Å². The second kappa shape index (κ2) is 9.32. The van der Waals surface area contributed by atoms with E-state index in [-0.39, 0.29) is 29.2 Å². The Morgan fingerprint density at radius 2 is 1.82 bits per heavy atom. The number of halogens is 2. The van der Waals surface area contributed by atoms with E-state index in [2.05, 4.69) is 10.1 Å². The standard InChI is InChI=1S/C21H21F2N3O6S/c22-20(23)31-15-5-3-14(4-6-15)24-19(27)9-12-26-17-8-7-16(13-18(17)32-21(26)28)33(29,30)25-10-1-2-11-25/h3-8,13,20H,1-2,9-12H2,(H,24,27). The Morgan fingerprint density at radius 3 is 2.48 bits per heavy atom. The molecule has 0 spiro atoms. The third kappa shape index (κ3) is 5.06. The molecule has 0 atom stereocenters. The van der Waals surface area contributed by atoms with Gasteiger partial charge in [0.2, 0.25) is 15.9 Å². The number of sulfonamides is 1. The molecule has 12 heteroatoms. The van der Waals surface area contributed by atoms with E-state index in [1.54, 1.807) is 0 Å². The molecule has 1 amide bonds. The molecule has 0 bridgehead atoms. The van der Waals surface area contributed by atoms with Gasteiger partial charge >= 0.3 is 12.4 Å². The van der Waals surface area contributed by atoms with Crippen LogP contribution in [0.3, 0.4) is 0 Å². The van der Waals surface area contributed by atoms with Crippen molar-refractivity contribution in [1.29, 1.82) is 0 Å². The van der Waals surface area contributed by atoms with Gasteiger partial charge in [-0.2, -0.15) is 13.1 Å². The number of aryl methyl sites for hydroxylation is 1. The number of hydrogen-bond acceptors (Lipinski definition) is 6. The van der Waals surface area contributed by atoms with Crippen molar-refractivity contribution in [2.45, 2.75) is 37.3 Å². The van der Waals surface area contributed by atoms with Crippen LogP contribution in [0.2, 0.25) is 0 Å². The van der Waals surface area contributed by atoms with Crippen LogP contribution in [-0.2, 0) is 21.4 Å². The minimum absolute atomic E-state index is 0.00245. The molecule has 0 aliphatic carbocycles. The number of ether oxygens (including phenoxy) is 1.